The van der Waals surface area contributed by atoms with Crippen LogP contribution in [0.3, 0.4) is 0 Å². The lowest BCUT2D eigenvalue weighted by Gasteiger charge is -2.16. The first-order chi connectivity index (χ1) is 9.39. The maximum atomic E-state index is 14.2. The Morgan fingerprint density at radius 3 is 2.15 bits per heavy atom. The molecule has 6 heteroatoms. The summed E-state index contributed by atoms with van der Waals surface area (Å²) < 4.78 is 19.3. The quantitative estimate of drug-likeness (QED) is 0.837. The lowest BCUT2D eigenvalue weighted by atomic mass is 9.93. The fraction of sp³-hybridized carbons (Fsp3) is 0.143. The molecule has 0 unspecified atom stereocenters. The summed E-state index contributed by atoms with van der Waals surface area (Å²) in [6.07, 6.45) is 0. The Morgan fingerprint density at radius 2 is 1.60 bits per heavy atom. The number of carboxylic acids is 2. The molecule has 0 fully saturated rings. The highest BCUT2D eigenvalue weighted by molar-refractivity contribution is 6.03. The molecule has 0 aliphatic rings. The van der Waals surface area contributed by atoms with E-state index in [9.17, 15) is 14.0 Å². The molecular formula is C14H11FO5. The smallest absolute Gasteiger partial charge is 0.358 e. The number of hydrogen-bond acceptors (Lipinski definition) is 3. The third kappa shape index (κ3) is 2.05. The van der Waals surface area contributed by atoms with Gasteiger partial charge in [0.2, 0.25) is 0 Å². The molecule has 104 valence electrons. The Hall–Kier alpha value is -2.63. The van der Waals surface area contributed by atoms with Gasteiger partial charge in [0.1, 0.15) is 5.75 Å². The topological polar surface area (TPSA) is 83.8 Å². The van der Waals surface area contributed by atoms with E-state index < -0.39 is 23.2 Å². The van der Waals surface area contributed by atoms with Crippen molar-refractivity contribution in [1.82, 2.24) is 0 Å². The van der Waals surface area contributed by atoms with Crippen LogP contribution in [0.4, 0.5) is 4.39 Å². The van der Waals surface area contributed by atoms with Gasteiger partial charge in [-0.3, -0.25) is 0 Å². The van der Waals surface area contributed by atoms with Crippen molar-refractivity contribution in [1.29, 1.82) is 0 Å². The van der Waals surface area contributed by atoms with Crippen LogP contribution in [-0.4, -0.2) is 29.3 Å². The third-order valence-corrected chi connectivity index (χ3v) is 3.03. The van der Waals surface area contributed by atoms with Crippen molar-refractivity contribution in [3.05, 3.63) is 42.0 Å². The molecule has 0 aliphatic heterocycles. The molecule has 0 spiro atoms. The number of carbonyl (C=O) groups is 2. The van der Waals surface area contributed by atoms with Gasteiger partial charge in [-0.25, -0.2) is 14.0 Å². The second kappa shape index (κ2) is 4.80. The van der Waals surface area contributed by atoms with Crippen molar-refractivity contribution in [2.24, 2.45) is 0 Å². The van der Waals surface area contributed by atoms with Crippen LogP contribution in [0.2, 0.25) is 0 Å². The van der Waals surface area contributed by atoms with Crippen LogP contribution < -0.4 is 4.74 Å². The number of aliphatic carboxylic acids is 2. The average molecular weight is 278 g/mol. The number of halogens is 1. The predicted octanol–water partition coefficient (Wildman–Crippen LogP) is 2.18. The van der Waals surface area contributed by atoms with Crippen LogP contribution in [0.15, 0.2) is 36.4 Å². The molecule has 2 rings (SSSR count). The molecule has 5 nitrogen and oxygen atoms in total. The second-order valence-electron chi connectivity index (χ2n) is 4.20. The van der Waals surface area contributed by atoms with Crippen molar-refractivity contribution >= 4 is 22.7 Å². The van der Waals surface area contributed by atoms with E-state index >= 15 is 0 Å². The van der Waals surface area contributed by atoms with E-state index in [1.807, 2.05) is 0 Å². The molecule has 0 aromatic heterocycles. The van der Waals surface area contributed by atoms with Crippen LogP contribution in [0.1, 0.15) is 5.56 Å². The van der Waals surface area contributed by atoms with Gasteiger partial charge in [-0.2, -0.15) is 0 Å². The van der Waals surface area contributed by atoms with Gasteiger partial charge in [-0.05, 0) is 29.0 Å². The van der Waals surface area contributed by atoms with Crippen molar-refractivity contribution < 1.29 is 28.9 Å². The molecule has 0 atom stereocenters. The summed E-state index contributed by atoms with van der Waals surface area (Å²) in [5.74, 6) is -3.52. The Labute approximate surface area is 113 Å². The van der Waals surface area contributed by atoms with Crippen LogP contribution in [0.5, 0.6) is 5.75 Å². The zero-order chi connectivity index (χ0) is 14.9. The van der Waals surface area contributed by atoms with Gasteiger partial charge in [0.15, 0.2) is 0 Å². The fourth-order valence-electron chi connectivity index (χ4n) is 1.90. The summed E-state index contributed by atoms with van der Waals surface area (Å²) in [6, 6.07) is 8.70. The predicted molar refractivity (Wildman–Crippen MR) is 68.6 cm³/mol. The van der Waals surface area contributed by atoms with Crippen LogP contribution in [-0.2, 0) is 15.3 Å². The highest BCUT2D eigenvalue weighted by Crippen LogP contribution is 2.31. The lowest BCUT2D eigenvalue weighted by molar-refractivity contribution is -0.167. The maximum absolute atomic E-state index is 14.2. The second-order valence-corrected chi connectivity index (χ2v) is 4.20. The van der Waals surface area contributed by atoms with Crippen LogP contribution >= 0.6 is 0 Å². The fourth-order valence-corrected chi connectivity index (χ4v) is 1.90. The van der Waals surface area contributed by atoms with E-state index in [0.29, 0.717) is 16.5 Å². The number of carboxylic acid groups (broad SMARTS) is 2. The van der Waals surface area contributed by atoms with E-state index in [-0.39, 0.29) is 0 Å². The van der Waals surface area contributed by atoms with Gasteiger partial charge >= 0.3 is 17.6 Å². The average Bonchev–Trinajstić information content (AvgIpc) is 2.44. The first kappa shape index (κ1) is 13.8. The van der Waals surface area contributed by atoms with Crippen molar-refractivity contribution in [2.45, 2.75) is 5.67 Å². The first-order valence-electron chi connectivity index (χ1n) is 5.63. The zero-order valence-electron chi connectivity index (χ0n) is 10.5. The van der Waals surface area contributed by atoms with Gasteiger partial charge in [0.05, 0.1) is 7.11 Å². The minimum Gasteiger partial charge on any atom is -0.497 e. The molecule has 0 saturated heterocycles. The van der Waals surface area contributed by atoms with Gasteiger partial charge in [0, 0.05) is 5.56 Å². The molecule has 2 N–H and O–H groups in total. The normalized spacial score (nSPS) is 11.3. The summed E-state index contributed by atoms with van der Waals surface area (Å²) in [5.41, 5.74) is -3.90. The number of fused-ring (bicyclic) bond motifs is 1. The molecule has 0 radical (unpaired) electrons. The summed E-state index contributed by atoms with van der Waals surface area (Å²) >= 11 is 0. The van der Waals surface area contributed by atoms with Crippen LogP contribution in [0, 0.1) is 0 Å². The van der Waals surface area contributed by atoms with Crippen molar-refractivity contribution in [2.75, 3.05) is 7.11 Å². The van der Waals surface area contributed by atoms with E-state index in [0.717, 1.165) is 6.07 Å². The van der Waals surface area contributed by atoms with E-state index in [1.165, 1.54) is 19.2 Å². The zero-order valence-corrected chi connectivity index (χ0v) is 10.5. The SMILES string of the molecule is COc1ccc2cc(C(F)(C(=O)O)C(=O)O)ccc2c1. The molecule has 0 saturated carbocycles. The number of benzene rings is 2. The Balaban J connectivity index is 2.62. The molecule has 0 aliphatic carbocycles. The minimum absolute atomic E-state index is 0.435. The van der Waals surface area contributed by atoms with Gasteiger partial charge < -0.3 is 14.9 Å². The molecule has 0 heterocycles. The largest absolute Gasteiger partial charge is 0.497 e. The first-order valence-corrected chi connectivity index (χ1v) is 5.63. The summed E-state index contributed by atoms with van der Waals surface area (Å²) in [4.78, 5) is 21.8. The Morgan fingerprint density at radius 1 is 1.05 bits per heavy atom. The number of methoxy groups -OCH3 is 1. The van der Waals surface area contributed by atoms with Gasteiger partial charge in [-0.15, -0.1) is 0 Å². The minimum atomic E-state index is -3.46. The molecule has 2 aromatic rings. The van der Waals surface area contributed by atoms with E-state index in [4.69, 9.17) is 14.9 Å². The van der Waals surface area contributed by atoms with E-state index in [1.54, 1.807) is 18.2 Å². The van der Waals surface area contributed by atoms with Gasteiger partial charge in [0.25, 0.3) is 0 Å². The Kier molecular flexibility index (Phi) is 3.31. The number of ether oxygens (including phenoxy) is 1. The summed E-state index contributed by atoms with van der Waals surface area (Å²) in [7, 11) is 1.50. The third-order valence-electron chi connectivity index (χ3n) is 3.03. The standard InChI is InChI=1S/C14H11FO5/c1-20-11-5-3-8-6-10(4-2-9(8)7-11)14(15,12(16)17)13(18)19/h2-7H,1H3,(H,16,17)(H,18,19). The number of hydrogen-bond donors (Lipinski definition) is 2. The van der Waals surface area contributed by atoms with Crippen molar-refractivity contribution in [3.8, 4) is 5.75 Å². The molecule has 2 aromatic carbocycles. The van der Waals surface area contributed by atoms with Crippen molar-refractivity contribution in [3.63, 3.8) is 0 Å². The summed E-state index contributed by atoms with van der Waals surface area (Å²) in [5, 5.41) is 18.9. The number of rotatable bonds is 4. The molecule has 0 amide bonds. The van der Waals surface area contributed by atoms with Gasteiger partial charge in [-0.1, -0.05) is 18.2 Å². The molecule has 0 bridgehead atoms. The van der Waals surface area contributed by atoms with E-state index in [2.05, 4.69) is 0 Å². The van der Waals surface area contributed by atoms with Crippen LogP contribution in [0.25, 0.3) is 10.8 Å². The lowest BCUT2D eigenvalue weighted by Crippen LogP contribution is -2.39. The highest BCUT2D eigenvalue weighted by atomic mass is 19.1. The molecule has 20 heavy (non-hydrogen) atoms. The molecular weight excluding hydrogens is 267 g/mol. The monoisotopic (exact) mass is 278 g/mol. The highest BCUT2D eigenvalue weighted by Gasteiger charge is 2.49. The maximum Gasteiger partial charge on any atom is 0.358 e. The Bertz CT molecular complexity index is 681. The summed E-state index contributed by atoms with van der Waals surface area (Å²) in [6.45, 7) is 0. The number of alkyl halides is 1.